The van der Waals surface area contributed by atoms with Crippen molar-refractivity contribution in [2.75, 3.05) is 13.1 Å². The van der Waals surface area contributed by atoms with Crippen LogP contribution in [0.2, 0.25) is 0 Å². The van der Waals surface area contributed by atoms with Gasteiger partial charge in [0.2, 0.25) is 10.0 Å². The molecule has 0 unspecified atom stereocenters. The van der Waals surface area contributed by atoms with Gasteiger partial charge in [-0.05, 0) is 38.3 Å². The van der Waals surface area contributed by atoms with E-state index in [9.17, 15) is 18.6 Å². The maximum Gasteiger partial charge on any atom is 0.243 e. The molecule has 2 atom stereocenters. The predicted molar refractivity (Wildman–Crippen MR) is 75.8 cm³/mol. The summed E-state index contributed by atoms with van der Waals surface area (Å²) in [5.74, 6) is 0. The zero-order chi connectivity index (χ0) is 14.8. The Morgan fingerprint density at radius 3 is 2.30 bits per heavy atom. The summed E-state index contributed by atoms with van der Waals surface area (Å²) in [5, 5.41) is 19.3. The first-order valence-corrected chi connectivity index (χ1v) is 8.28. The van der Waals surface area contributed by atoms with E-state index in [1.807, 2.05) is 6.92 Å². The maximum atomic E-state index is 12.5. The molecule has 1 fully saturated rings. The lowest BCUT2D eigenvalue weighted by molar-refractivity contribution is -0.0000767. The van der Waals surface area contributed by atoms with E-state index < -0.39 is 22.2 Å². The average Bonchev–Trinajstić information content (AvgIpc) is 2.40. The second-order valence-corrected chi connectivity index (χ2v) is 7.22. The van der Waals surface area contributed by atoms with E-state index >= 15 is 0 Å². The molecule has 0 aliphatic carbocycles. The zero-order valence-electron chi connectivity index (χ0n) is 11.6. The summed E-state index contributed by atoms with van der Waals surface area (Å²) in [6.45, 7) is 2.51. The second-order valence-electron chi connectivity index (χ2n) is 5.28. The van der Waals surface area contributed by atoms with Crippen LogP contribution in [0.5, 0.6) is 0 Å². The van der Waals surface area contributed by atoms with E-state index in [0.29, 0.717) is 19.4 Å². The molecule has 20 heavy (non-hydrogen) atoms. The van der Waals surface area contributed by atoms with Crippen molar-refractivity contribution in [3.8, 4) is 0 Å². The normalized spacial score (nSPS) is 25.9. The number of benzene rings is 1. The molecule has 1 aliphatic rings. The minimum atomic E-state index is -3.52. The molecule has 1 heterocycles. The standard InChI is InChI=1S/C14H21NO4S/c1-11-4-6-12(7-5-11)20(18,19)15-9-2-3-13(16)14(17)8-10-15/h4-7,13-14,16-17H,2-3,8-10H2,1H3/t13-,14+/m0/s1. The summed E-state index contributed by atoms with van der Waals surface area (Å²) in [5.41, 5.74) is 1.01. The van der Waals surface area contributed by atoms with Gasteiger partial charge in [-0.2, -0.15) is 4.31 Å². The van der Waals surface area contributed by atoms with Crippen LogP contribution in [0, 0.1) is 6.92 Å². The lowest BCUT2D eigenvalue weighted by atomic mass is 10.0. The fraction of sp³-hybridized carbons (Fsp3) is 0.571. The van der Waals surface area contributed by atoms with Crippen LogP contribution in [0.4, 0.5) is 0 Å². The van der Waals surface area contributed by atoms with Gasteiger partial charge in [0.15, 0.2) is 0 Å². The van der Waals surface area contributed by atoms with Crippen LogP contribution >= 0.6 is 0 Å². The third-order valence-electron chi connectivity index (χ3n) is 3.68. The van der Waals surface area contributed by atoms with Gasteiger partial charge in [0, 0.05) is 13.1 Å². The SMILES string of the molecule is Cc1ccc(S(=O)(=O)N2CCC[C@H](O)[C@H](O)CC2)cc1. The van der Waals surface area contributed by atoms with Crippen LogP contribution in [0.3, 0.4) is 0 Å². The molecule has 0 spiro atoms. The van der Waals surface area contributed by atoms with Crippen LogP contribution in [0.15, 0.2) is 29.2 Å². The number of aliphatic hydroxyl groups is 2. The number of hydrogen-bond acceptors (Lipinski definition) is 4. The van der Waals surface area contributed by atoms with E-state index in [-0.39, 0.29) is 17.9 Å². The molecule has 0 saturated carbocycles. The average molecular weight is 299 g/mol. The number of nitrogens with zero attached hydrogens (tertiary/aromatic N) is 1. The molecule has 0 bridgehead atoms. The van der Waals surface area contributed by atoms with E-state index in [0.717, 1.165) is 5.56 Å². The first-order chi connectivity index (χ1) is 9.41. The van der Waals surface area contributed by atoms with E-state index in [1.54, 1.807) is 24.3 Å². The maximum absolute atomic E-state index is 12.5. The third kappa shape index (κ3) is 3.38. The van der Waals surface area contributed by atoms with Gasteiger partial charge >= 0.3 is 0 Å². The number of aliphatic hydroxyl groups excluding tert-OH is 2. The molecule has 0 aromatic heterocycles. The molecule has 1 saturated heterocycles. The molecule has 6 heteroatoms. The molecule has 2 N–H and O–H groups in total. The van der Waals surface area contributed by atoms with Crippen molar-refractivity contribution < 1.29 is 18.6 Å². The van der Waals surface area contributed by atoms with Gasteiger partial charge in [0.05, 0.1) is 17.1 Å². The minimum Gasteiger partial charge on any atom is -0.390 e. The fourth-order valence-electron chi connectivity index (χ4n) is 2.35. The Balaban J connectivity index is 2.18. The third-order valence-corrected chi connectivity index (χ3v) is 5.60. The molecule has 0 amide bonds. The summed E-state index contributed by atoms with van der Waals surface area (Å²) in [7, 11) is -3.52. The van der Waals surface area contributed by atoms with Gasteiger partial charge in [-0.25, -0.2) is 8.42 Å². The van der Waals surface area contributed by atoms with Crippen molar-refractivity contribution in [2.45, 2.75) is 43.3 Å². The Bertz CT molecular complexity index is 541. The van der Waals surface area contributed by atoms with Gasteiger partial charge in [-0.15, -0.1) is 0 Å². The molecule has 0 radical (unpaired) electrons. The van der Waals surface area contributed by atoms with Crippen molar-refractivity contribution in [3.05, 3.63) is 29.8 Å². The van der Waals surface area contributed by atoms with Gasteiger partial charge in [0.25, 0.3) is 0 Å². The van der Waals surface area contributed by atoms with Gasteiger partial charge in [0.1, 0.15) is 0 Å². The predicted octanol–water partition coefficient (Wildman–Crippen LogP) is 0.891. The largest absolute Gasteiger partial charge is 0.390 e. The van der Waals surface area contributed by atoms with Gasteiger partial charge in [-0.1, -0.05) is 17.7 Å². The molecule has 1 aromatic carbocycles. The van der Waals surface area contributed by atoms with Crippen molar-refractivity contribution in [2.24, 2.45) is 0 Å². The number of rotatable bonds is 2. The Labute approximate surface area is 119 Å². The Kier molecular flexibility index (Phi) is 4.80. The van der Waals surface area contributed by atoms with Crippen molar-refractivity contribution in [3.63, 3.8) is 0 Å². The molecular weight excluding hydrogens is 278 g/mol. The molecule has 5 nitrogen and oxygen atoms in total. The number of sulfonamides is 1. The Morgan fingerprint density at radius 1 is 1.05 bits per heavy atom. The van der Waals surface area contributed by atoms with Crippen molar-refractivity contribution in [1.82, 2.24) is 4.31 Å². The smallest absolute Gasteiger partial charge is 0.243 e. The summed E-state index contributed by atoms with van der Waals surface area (Å²) in [6.07, 6.45) is -0.387. The van der Waals surface area contributed by atoms with Crippen LogP contribution in [0.25, 0.3) is 0 Å². The van der Waals surface area contributed by atoms with Crippen LogP contribution in [0.1, 0.15) is 24.8 Å². The monoisotopic (exact) mass is 299 g/mol. The van der Waals surface area contributed by atoms with Crippen molar-refractivity contribution in [1.29, 1.82) is 0 Å². The highest BCUT2D eigenvalue weighted by Gasteiger charge is 2.28. The lowest BCUT2D eigenvalue weighted by Crippen LogP contribution is -2.39. The second kappa shape index (κ2) is 6.22. The van der Waals surface area contributed by atoms with Crippen LogP contribution < -0.4 is 0 Å². The Hall–Kier alpha value is -0.950. The molecule has 1 aromatic rings. The van der Waals surface area contributed by atoms with Crippen molar-refractivity contribution >= 4 is 10.0 Å². The van der Waals surface area contributed by atoms with E-state index in [2.05, 4.69) is 0 Å². The summed E-state index contributed by atoms with van der Waals surface area (Å²) >= 11 is 0. The highest BCUT2D eigenvalue weighted by Crippen LogP contribution is 2.20. The molecule has 2 rings (SSSR count). The number of aryl methyl sites for hydroxylation is 1. The quantitative estimate of drug-likeness (QED) is 0.850. The first-order valence-electron chi connectivity index (χ1n) is 6.84. The van der Waals surface area contributed by atoms with Gasteiger partial charge in [-0.3, -0.25) is 0 Å². The zero-order valence-corrected chi connectivity index (χ0v) is 12.4. The van der Waals surface area contributed by atoms with Crippen LogP contribution in [-0.2, 0) is 10.0 Å². The van der Waals surface area contributed by atoms with E-state index in [1.165, 1.54) is 4.31 Å². The number of hydrogen-bond donors (Lipinski definition) is 2. The fourth-order valence-corrected chi connectivity index (χ4v) is 3.84. The highest BCUT2D eigenvalue weighted by atomic mass is 32.2. The van der Waals surface area contributed by atoms with E-state index in [4.69, 9.17) is 0 Å². The lowest BCUT2D eigenvalue weighted by Gasteiger charge is -2.28. The first kappa shape index (κ1) is 15.4. The molecule has 1 aliphatic heterocycles. The highest BCUT2D eigenvalue weighted by molar-refractivity contribution is 7.89. The minimum absolute atomic E-state index is 0.231. The summed E-state index contributed by atoms with van der Waals surface area (Å²) in [6, 6.07) is 6.76. The topological polar surface area (TPSA) is 77.8 Å². The summed E-state index contributed by atoms with van der Waals surface area (Å²) in [4.78, 5) is 0.277. The van der Waals surface area contributed by atoms with Gasteiger partial charge < -0.3 is 10.2 Å². The molecular formula is C14H21NO4S. The van der Waals surface area contributed by atoms with Crippen LogP contribution in [-0.4, -0.2) is 48.2 Å². The summed E-state index contributed by atoms with van der Waals surface area (Å²) < 4.78 is 26.5. The Morgan fingerprint density at radius 2 is 1.65 bits per heavy atom. The molecule has 112 valence electrons.